The highest BCUT2D eigenvalue weighted by Gasteiger charge is 2.46. The third-order valence-electron chi connectivity index (χ3n) is 6.20. The van der Waals surface area contributed by atoms with E-state index < -0.39 is 23.5 Å². The van der Waals surface area contributed by atoms with Gasteiger partial charge in [-0.3, -0.25) is 14.5 Å². The van der Waals surface area contributed by atoms with E-state index in [2.05, 4.69) is 15.2 Å². The van der Waals surface area contributed by atoms with Crippen molar-refractivity contribution in [3.8, 4) is 0 Å². The van der Waals surface area contributed by atoms with Gasteiger partial charge < -0.3 is 10.0 Å². The van der Waals surface area contributed by atoms with Crippen LogP contribution in [-0.2, 0) is 10.5 Å². The fourth-order valence-corrected chi connectivity index (χ4v) is 7.01. The average Bonchev–Trinajstić information content (AvgIpc) is 3.59. The van der Waals surface area contributed by atoms with Crippen LogP contribution in [0.25, 0.3) is 0 Å². The molecule has 1 amide bonds. The number of aliphatic hydroxyl groups excluding tert-OH is 1. The number of thiazole rings is 1. The maximum Gasteiger partial charge on any atom is 0.296 e. The monoisotopic (exact) mass is 581 g/mol. The van der Waals surface area contributed by atoms with E-state index in [0.717, 1.165) is 17.0 Å². The van der Waals surface area contributed by atoms with E-state index in [9.17, 15) is 19.1 Å². The second kappa shape index (κ2) is 10.9. The van der Waals surface area contributed by atoms with Gasteiger partial charge in [0.25, 0.3) is 5.91 Å². The Bertz CT molecular complexity index is 1600. The molecule has 1 atom stereocenters. The summed E-state index contributed by atoms with van der Waals surface area (Å²) in [7, 11) is 3.83. The number of Topliss-reactive ketones (excluding diaryl/α,β-unsaturated/α-hetero) is 1. The van der Waals surface area contributed by atoms with Gasteiger partial charge in [0.05, 0.1) is 27.2 Å². The molecule has 0 fully saturated rings. The summed E-state index contributed by atoms with van der Waals surface area (Å²) in [6, 6.07) is 13.0. The second-order valence-corrected chi connectivity index (χ2v) is 12.4. The lowest BCUT2D eigenvalue weighted by atomic mass is 9.95. The minimum absolute atomic E-state index is 0.0277. The molecule has 39 heavy (non-hydrogen) atoms. The standard InChI is InChI=1S/C27H24FN5O3S3/c1-14-24(38-15(2)29-14)22(34)20-21(16-9-11-18(12-10-16)32(3)4)33(25(36)23(20)35)26-30-31-27(39-26)37-13-17-7-5-6-8-19(17)28/h5-12,21,35H,13H2,1-4H3. The first-order valence-electron chi connectivity index (χ1n) is 11.9. The maximum absolute atomic E-state index is 14.1. The number of nitrogens with zero attached hydrogens (tertiary/aromatic N) is 5. The van der Waals surface area contributed by atoms with Crippen molar-refractivity contribution < 1.29 is 19.1 Å². The highest BCUT2D eigenvalue weighted by Crippen LogP contribution is 2.44. The van der Waals surface area contributed by atoms with Crippen LogP contribution >= 0.6 is 34.4 Å². The first-order chi connectivity index (χ1) is 18.7. The van der Waals surface area contributed by atoms with Gasteiger partial charge in [-0.25, -0.2) is 9.37 Å². The quantitative estimate of drug-likeness (QED) is 0.156. The van der Waals surface area contributed by atoms with Crippen LogP contribution in [-0.4, -0.2) is 46.1 Å². The third kappa shape index (κ3) is 5.19. The molecule has 0 saturated heterocycles. The van der Waals surface area contributed by atoms with Crippen LogP contribution in [0.5, 0.6) is 0 Å². The Morgan fingerprint density at radius 3 is 2.46 bits per heavy atom. The number of thioether (sulfide) groups is 1. The van der Waals surface area contributed by atoms with Gasteiger partial charge in [0.2, 0.25) is 10.9 Å². The molecule has 0 bridgehead atoms. The zero-order valence-corrected chi connectivity index (χ0v) is 24.0. The molecule has 0 aliphatic carbocycles. The van der Waals surface area contributed by atoms with Crippen molar-refractivity contribution in [2.45, 2.75) is 30.0 Å². The molecule has 2 aromatic carbocycles. The number of aliphatic hydroxyl groups is 1. The van der Waals surface area contributed by atoms with Gasteiger partial charge in [-0.05, 0) is 43.2 Å². The second-order valence-electron chi connectivity index (χ2n) is 9.03. The molecule has 5 rings (SSSR count). The first kappa shape index (κ1) is 27.0. The summed E-state index contributed by atoms with van der Waals surface area (Å²) in [6.07, 6.45) is 0. The van der Waals surface area contributed by atoms with Crippen LogP contribution in [0.3, 0.4) is 0 Å². The number of aryl methyl sites for hydroxylation is 2. The Morgan fingerprint density at radius 2 is 1.82 bits per heavy atom. The van der Waals surface area contributed by atoms with E-state index in [-0.39, 0.29) is 16.5 Å². The molecule has 8 nitrogen and oxygen atoms in total. The highest BCUT2D eigenvalue weighted by atomic mass is 32.2. The highest BCUT2D eigenvalue weighted by molar-refractivity contribution is 8.00. The number of hydrogen-bond acceptors (Lipinski definition) is 10. The van der Waals surface area contributed by atoms with Crippen LogP contribution in [0.15, 0.2) is 64.2 Å². The summed E-state index contributed by atoms with van der Waals surface area (Å²) in [6.45, 7) is 3.53. The van der Waals surface area contributed by atoms with Crippen molar-refractivity contribution in [1.29, 1.82) is 0 Å². The lowest BCUT2D eigenvalue weighted by Gasteiger charge is -2.24. The zero-order chi connectivity index (χ0) is 27.8. The summed E-state index contributed by atoms with van der Waals surface area (Å²) in [5, 5.41) is 20.4. The van der Waals surface area contributed by atoms with Crippen LogP contribution in [0, 0.1) is 19.7 Å². The van der Waals surface area contributed by atoms with Crippen molar-refractivity contribution in [3.63, 3.8) is 0 Å². The molecule has 200 valence electrons. The Morgan fingerprint density at radius 1 is 1.10 bits per heavy atom. The Balaban J connectivity index is 1.52. The van der Waals surface area contributed by atoms with Crippen molar-refractivity contribution in [2.24, 2.45) is 0 Å². The first-order valence-corrected chi connectivity index (χ1v) is 14.5. The van der Waals surface area contributed by atoms with Crippen molar-refractivity contribution in [3.05, 3.63) is 92.4 Å². The summed E-state index contributed by atoms with van der Waals surface area (Å²) >= 11 is 3.65. The van der Waals surface area contributed by atoms with Gasteiger partial charge in [0.15, 0.2) is 10.1 Å². The molecule has 1 N–H and O–H groups in total. The van der Waals surface area contributed by atoms with Gasteiger partial charge in [-0.1, -0.05) is 53.4 Å². The fraction of sp³-hybridized carbons (Fsp3) is 0.222. The molecule has 2 aromatic heterocycles. The maximum atomic E-state index is 14.1. The van der Waals surface area contributed by atoms with Gasteiger partial charge >= 0.3 is 0 Å². The van der Waals surface area contributed by atoms with Crippen LogP contribution in [0.2, 0.25) is 0 Å². The Hall–Kier alpha value is -3.61. The lowest BCUT2D eigenvalue weighted by molar-refractivity contribution is -0.117. The molecule has 0 spiro atoms. The zero-order valence-electron chi connectivity index (χ0n) is 21.5. The molecule has 3 heterocycles. The van der Waals surface area contributed by atoms with E-state index in [0.29, 0.717) is 36.8 Å². The molecule has 1 aliphatic rings. The normalized spacial score (nSPS) is 15.4. The SMILES string of the molecule is Cc1nc(C)c(C(=O)C2=C(O)C(=O)N(c3nnc(SCc4ccccc4F)s3)C2c2ccc(N(C)C)cc2)s1. The smallest absolute Gasteiger partial charge is 0.296 e. The number of carbonyl (C=O) groups is 2. The number of carbonyl (C=O) groups excluding carboxylic acids is 2. The summed E-state index contributed by atoms with van der Waals surface area (Å²) in [5.74, 6) is -1.78. The lowest BCUT2D eigenvalue weighted by Crippen LogP contribution is -2.31. The topological polar surface area (TPSA) is 99.5 Å². The van der Waals surface area contributed by atoms with E-state index in [1.807, 2.05) is 43.3 Å². The molecule has 12 heteroatoms. The number of rotatable bonds is 8. The predicted molar refractivity (Wildman–Crippen MR) is 152 cm³/mol. The molecular formula is C27H24FN5O3S3. The van der Waals surface area contributed by atoms with Gasteiger partial charge in [0.1, 0.15) is 5.82 Å². The summed E-state index contributed by atoms with van der Waals surface area (Å²) in [4.78, 5) is 35.2. The van der Waals surface area contributed by atoms with E-state index in [1.54, 1.807) is 32.0 Å². The minimum Gasteiger partial charge on any atom is -0.503 e. The van der Waals surface area contributed by atoms with Gasteiger partial charge in [-0.2, -0.15) is 0 Å². The minimum atomic E-state index is -0.916. The molecule has 1 unspecified atom stereocenters. The molecular weight excluding hydrogens is 558 g/mol. The van der Waals surface area contributed by atoms with Crippen LogP contribution in [0.4, 0.5) is 15.2 Å². The number of benzene rings is 2. The Kier molecular flexibility index (Phi) is 7.52. The number of halogens is 1. The third-order valence-corrected chi connectivity index (χ3v) is 9.37. The number of ketones is 1. The van der Waals surface area contributed by atoms with Gasteiger partial charge in [-0.15, -0.1) is 21.5 Å². The Labute approximate surface area is 236 Å². The molecule has 1 aliphatic heterocycles. The van der Waals surface area contributed by atoms with E-state index in [1.165, 1.54) is 34.1 Å². The largest absolute Gasteiger partial charge is 0.503 e. The average molecular weight is 582 g/mol. The van der Waals surface area contributed by atoms with Crippen molar-refractivity contribution in [2.75, 3.05) is 23.9 Å². The van der Waals surface area contributed by atoms with Crippen molar-refractivity contribution >= 4 is 56.9 Å². The molecule has 4 aromatic rings. The summed E-state index contributed by atoms with van der Waals surface area (Å²) < 4.78 is 14.6. The van der Waals surface area contributed by atoms with E-state index >= 15 is 0 Å². The van der Waals surface area contributed by atoms with Crippen molar-refractivity contribution in [1.82, 2.24) is 15.2 Å². The summed E-state index contributed by atoms with van der Waals surface area (Å²) in [5.41, 5.74) is 2.61. The molecule has 0 radical (unpaired) electrons. The van der Waals surface area contributed by atoms with Crippen LogP contribution in [0.1, 0.15) is 37.5 Å². The fourth-order valence-electron chi connectivity index (χ4n) is 4.28. The van der Waals surface area contributed by atoms with Gasteiger partial charge in [0, 0.05) is 25.5 Å². The predicted octanol–water partition coefficient (Wildman–Crippen LogP) is 5.89. The number of hydrogen-bond donors (Lipinski definition) is 1. The number of amides is 1. The van der Waals surface area contributed by atoms with E-state index in [4.69, 9.17) is 0 Å². The number of aromatic nitrogens is 3. The number of anilines is 2. The molecule has 0 saturated carbocycles. The van der Waals surface area contributed by atoms with Crippen LogP contribution < -0.4 is 9.80 Å².